The SMILES string of the molecule is Cc1nc2ccccn2c1C(=O)NN(C(N)=S)c1ccc(Cl)cc1. The van der Waals surface area contributed by atoms with Gasteiger partial charge >= 0.3 is 0 Å². The molecule has 0 bridgehead atoms. The highest BCUT2D eigenvalue weighted by Crippen LogP contribution is 2.18. The van der Waals surface area contributed by atoms with Crippen molar-refractivity contribution >= 4 is 46.2 Å². The second-order valence-electron chi connectivity index (χ2n) is 5.07. The maximum absolute atomic E-state index is 12.7. The van der Waals surface area contributed by atoms with Crippen molar-refractivity contribution in [1.82, 2.24) is 14.8 Å². The molecule has 2 heterocycles. The largest absolute Gasteiger partial charge is 0.374 e. The number of hydrogen-bond donors (Lipinski definition) is 2. The molecular weight excluding hydrogens is 346 g/mol. The van der Waals surface area contributed by atoms with Crippen LogP contribution in [0, 0.1) is 6.92 Å². The fourth-order valence-corrected chi connectivity index (χ4v) is 2.66. The summed E-state index contributed by atoms with van der Waals surface area (Å²) in [4.78, 5) is 17.1. The number of nitrogens with zero attached hydrogens (tertiary/aromatic N) is 3. The van der Waals surface area contributed by atoms with E-state index in [0.29, 0.717) is 27.7 Å². The number of hydrogen-bond acceptors (Lipinski definition) is 3. The number of thiocarbonyl (C=S) groups is 1. The molecule has 0 aliphatic rings. The maximum Gasteiger partial charge on any atom is 0.289 e. The molecule has 0 spiro atoms. The number of amides is 1. The van der Waals surface area contributed by atoms with E-state index in [1.165, 1.54) is 5.01 Å². The number of fused-ring (bicyclic) bond motifs is 1. The summed E-state index contributed by atoms with van der Waals surface area (Å²) in [6.45, 7) is 1.77. The second-order valence-corrected chi connectivity index (χ2v) is 5.92. The van der Waals surface area contributed by atoms with Crippen molar-refractivity contribution in [2.45, 2.75) is 6.92 Å². The molecule has 0 aliphatic carbocycles. The molecule has 0 aliphatic heterocycles. The minimum atomic E-state index is -0.367. The third-order valence-corrected chi connectivity index (χ3v) is 3.87. The Morgan fingerprint density at radius 2 is 2.00 bits per heavy atom. The van der Waals surface area contributed by atoms with Crippen LogP contribution in [0.15, 0.2) is 48.7 Å². The molecule has 24 heavy (non-hydrogen) atoms. The number of imidazole rings is 1. The second kappa shape index (κ2) is 6.46. The predicted octanol–water partition coefficient (Wildman–Crippen LogP) is 2.69. The molecule has 122 valence electrons. The zero-order chi connectivity index (χ0) is 17.3. The summed E-state index contributed by atoms with van der Waals surface area (Å²) in [5.74, 6) is -0.367. The number of aryl methyl sites for hydroxylation is 1. The summed E-state index contributed by atoms with van der Waals surface area (Å²) < 4.78 is 1.71. The highest BCUT2D eigenvalue weighted by atomic mass is 35.5. The first-order valence-corrected chi connectivity index (χ1v) is 7.86. The molecule has 6 nitrogen and oxygen atoms in total. The molecule has 8 heteroatoms. The first-order chi connectivity index (χ1) is 11.5. The number of carbonyl (C=O) groups excluding carboxylic acids is 1. The van der Waals surface area contributed by atoms with Gasteiger partial charge in [0, 0.05) is 11.2 Å². The molecule has 0 saturated carbocycles. The number of rotatable bonds is 2. The van der Waals surface area contributed by atoms with Crippen LogP contribution in [0.1, 0.15) is 16.2 Å². The quantitative estimate of drug-likeness (QED) is 0.543. The Balaban J connectivity index is 1.95. The maximum atomic E-state index is 12.7. The van der Waals surface area contributed by atoms with Crippen LogP contribution in [0.4, 0.5) is 5.69 Å². The molecule has 2 aromatic heterocycles. The van der Waals surface area contributed by atoms with Crippen molar-refractivity contribution in [2.24, 2.45) is 5.73 Å². The smallest absolute Gasteiger partial charge is 0.289 e. The number of nitrogens with two attached hydrogens (primary N) is 1. The first kappa shape index (κ1) is 16.2. The number of benzene rings is 1. The molecule has 1 aromatic carbocycles. The van der Waals surface area contributed by atoms with Gasteiger partial charge in [0.25, 0.3) is 5.91 Å². The number of carbonyl (C=O) groups is 1. The summed E-state index contributed by atoms with van der Waals surface area (Å²) in [5.41, 5.74) is 10.8. The Bertz CT molecular complexity index is 922. The molecule has 0 atom stereocenters. The van der Waals surface area contributed by atoms with E-state index in [9.17, 15) is 4.79 Å². The van der Waals surface area contributed by atoms with Crippen LogP contribution in [-0.2, 0) is 0 Å². The molecule has 0 radical (unpaired) electrons. The van der Waals surface area contributed by atoms with Gasteiger partial charge in [-0.3, -0.25) is 14.6 Å². The van der Waals surface area contributed by atoms with Gasteiger partial charge in [-0.25, -0.2) is 9.99 Å². The van der Waals surface area contributed by atoms with Crippen molar-refractivity contribution in [3.8, 4) is 0 Å². The summed E-state index contributed by atoms with van der Waals surface area (Å²) in [7, 11) is 0. The van der Waals surface area contributed by atoms with Gasteiger partial charge in [0.1, 0.15) is 11.3 Å². The van der Waals surface area contributed by atoms with E-state index in [2.05, 4.69) is 10.4 Å². The molecule has 3 rings (SSSR count). The van der Waals surface area contributed by atoms with Crippen LogP contribution < -0.4 is 16.2 Å². The number of nitrogens with one attached hydrogen (secondary N) is 1. The van der Waals surface area contributed by atoms with Crippen LogP contribution in [0.3, 0.4) is 0 Å². The van der Waals surface area contributed by atoms with Crippen molar-refractivity contribution in [1.29, 1.82) is 0 Å². The summed E-state index contributed by atoms with van der Waals surface area (Å²) >= 11 is 10.9. The molecule has 0 saturated heterocycles. The van der Waals surface area contributed by atoms with Gasteiger partial charge in [0.15, 0.2) is 5.11 Å². The number of anilines is 1. The summed E-state index contributed by atoms with van der Waals surface area (Å²) in [6, 6.07) is 12.3. The number of halogens is 1. The van der Waals surface area contributed by atoms with Crippen molar-refractivity contribution in [2.75, 3.05) is 5.01 Å². The molecule has 0 unspecified atom stereocenters. The van der Waals surface area contributed by atoms with Gasteiger partial charge in [-0.15, -0.1) is 0 Å². The Hall–Kier alpha value is -2.64. The third kappa shape index (κ3) is 3.04. The minimum Gasteiger partial charge on any atom is -0.374 e. The summed E-state index contributed by atoms with van der Waals surface area (Å²) in [6.07, 6.45) is 1.78. The van der Waals surface area contributed by atoms with Gasteiger partial charge in [0.2, 0.25) is 0 Å². The lowest BCUT2D eigenvalue weighted by Gasteiger charge is -2.23. The average Bonchev–Trinajstić information content (AvgIpc) is 2.89. The minimum absolute atomic E-state index is 0.0112. The van der Waals surface area contributed by atoms with Crippen LogP contribution in [0.5, 0.6) is 0 Å². The molecule has 0 fully saturated rings. The van der Waals surface area contributed by atoms with Gasteiger partial charge in [-0.2, -0.15) is 0 Å². The van der Waals surface area contributed by atoms with Crippen molar-refractivity contribution in [3.63, 3.8) is 0 Å². The predicted molar refractivity (Wildman–Crippen MR) is 98.1 cm³/mol. The van der Waals surface area contributed by atoms with Crippen LogP contribution in [0.2, 0.25) is 5.02 Å². The van der Waals surface area contributed by atoms with E-state index >= 15 is 0 Å². The van der Waals surface area contributed by atoms with Crippen molar-refractivity contribution in [3.05, 3.63) is 65.1 Å². The average molecular weight is 360 g/mol. The van der Waals surface area contributed by atoms with E-state index < -0.39 is 0 Å². The van der Waals surface area contributed by atoms with Gasteiger partial charge < -0.3 is 5.73 Å². The fraction of sp³-hybridized carbons (Fsp3) is 0.0625. The lowest BCUT2D eigenvalue weighted by Crippen LogP contribution is -2.49. The van der Waals surface area contributed by atoms with Crippen LogP contribution >= 0.6 is 23.8 Å². The number of pyridine rings is 1. The van der Waals surface area contributed by atoms with E-state index in [4.69, 9.17) is 29.6 Å². The Morgan fingerprint density at radius 1 is 1.29 bits per heavy atom. The van der Waals surface area contributed by atoms with E-state index in [1.54, 1.807) is 41.8 Å². The molecule has 3 N–H and O–H groups in total. The third-order valence-electron chi connectivity index (χ3n) is 3.44. The highest BCUT2D eigenvalue weighted by molar-refractivity contribution is 7.80. The van der Waals surface area contributed by atoms with Crippen molar-refractivity contribution < 1.29 is 4.79 Å². The van der Waals surface area contributed by atoms with Gasteiger partial charge in [-0.1, -0.05) is 17.7 Å². The van der Waals surface area contributed by atoms with Crippen LogP contribution in [-0.4, -0.2) is 20.4 Å². The Morgan fingerprint density at radius 3 is 2.67 bits per heavy atom. The van der Waals surface area contributed by atoms with E-state index in [0.717, 1.165) is 0 Å². The van der Waals surface area contributed by atoms with Gasteiger partial charge in [-0.05, 0) is 55.5 Å². The number of hydrazine groups is 1. The zero-order valence-corrected chi connectivity index (χ0v) is 14.3. The topological polar surface area (TPSA) is 75.7 Å². The van der Waals surface area contributed by atoms with Gasteiger partial charge in [0.05, 0.1) is 11.4 Å². The standard InChI is InChI=1S/C16H14ClN5OS/c1-10-14(21-9-3-2-4-13(21)19-10)15(23)20-22(16(18)24)12-7-5-11(17)6-8-12/h2-9H,1H3,(H2,18,24)(H,20,23). The molecule has 3 aromatic rings. The monoisotopic (exact) mass is 359 g/mol. The normalized spacial score (nSPS) is 10.6. The summed E-state index contributed by atoms with van der Waals surface area (Å²) in [5, 5.41) is 1.92. The Labute approximate surface area is 148 Å². The van der Waals surface area contributed by atoms with E-state index in [-0.39, 0.29) is 11.0 Å². The fourth-order valence-electron chi connectivity index (χ4n) is 2.38. The van der Waals surface area contributed by atoms with Crippen LogP contribution in [0.25, 0.3) is 5.65 Å². The lowest BCUT2D eigenvalue weighted by molar-refractivity contribution is 0.0948. The van der Waals surface area contributed by atoms with E-state index in [1.807, 2.05) is 18.2 Å². The highest BCUT2D eigenvalue weighted by Gasteiger charge is 2.20. The molecule has 1 amide bonds. The first-order valence-electron chi connectivity index (χ1n) is 7.07. The molecular formula is C16H14ClN5OS. The lowest BCUT2D eigenvalue weighted by atomic mass is 10.3. The number of aromatic nitrogens is 2. The zero-order valence-electron chi connectivity index (χ0n) is 12.7. The Kier molecular flexibility index (Phi) is 4.37.